The van der Waals surface area contributed by atoms with Gasteiger partial charge in [-0.05, 0) is 82.0 Å². The maximum Gasteiger partial charge on any atom is 0.229 e. The molecule has 1 aromatic heterocycles. The van der Waals surface area contributed by atoms with E-state index < -0.39 is 27.7 Å². The highest BCUT2D eigenvalue weighted by atomic mass is 35.5. The summed E-state index contributed by atoms with van der Waals surface area (Å²) in [5.41, 5.74) is 2.33. The molecule has 1 aliphatic carbocycles. The molecule has 2 N–H and O–H groups in total. The second kappa shape index (κ2) is 14.5. The van der Waals surface area contributed by atoms with E-state index in [1.807, 2.05) is 43.3 Å². The number of carbonyl (C=O) groups is 2. The Bertz CT molecular complexity index is 1740. The summed E-state index contributed by atoms with van der Waals surface area (Å²) in [6, 6.07) is 14.7. The molecule has 1 spiro atoms. The lowest BCUT2D eigenvalue weighted by molar-refractivity contribution is -0.163. The minimum Gasteiger partial charge on any atom is -0.349 e. The number of nitrogens with one attached hydrogen (secondary N) is 2. The molecule has 1 saturated heterocycles. The summed E-state index contributed by atoms with van der Waals surface area (Å²) in [6.07, 6.45) is 4.46. The fraction of sp³-hybridized carbons (Fsp3) is 0.486. The first-order valence-electron chi connectivity index (χ1n) is 16.4. The Kier molecular flexibility index (Phi) is 10.7. The fourth-order valence-electron chi connectivity index (χ4n) is 7.41. The van der Waals surface area contributed by atoms with Gasteiger partial charge in [-0.3, -0.25) is 9.59 Å². The van der Waals surface area contributed by atoms with Gasteiger partial charge in [0.05, 0.1) is 39.1 Å². The summed E-state index contributed by atoms with van der Waals surface area (Å²) in [6.45, 7) is 10.0. The Labute approximate surface area is 296 Å². The molecular formula is C35H41Cl3N8O2. The summed E-state index contributed by atoms with van der Waals surface area (Å²) in [4.78, 5) is 27.3. The highest BCUT2D eigenvalue weighted by Gasteiger charge is 2.67. The first-order valence-corrected chi connectivity index (χ1v) is 17.7. The van der Waals surface area contributed by atoms with Crippen LogP contribution in [0.5, 0.6) is 0 Å². The summed E-state index contributed by atoms with van der Waals surface area (Å²) in [5, 5.41) is 29.6. The largest absolute Gasteiger partial charge is 0.349 e. The molecular weight excluding hydrogens is 671 g/mol. The number of hydrogen-bond acceptors (Lipinski definition) is 7. The molecule has 2 heterocycles. The van der Waals surface area contributed by atoms with Crippen molar-refractivity contribution in [1.29, 1.82) is 5.26 Å². The Hall–Kier alpha value is -3.65. The van der Waals surface area contributed by atoms with E-state index in [-0.39, 0.29) is 23.2 Å². The fourth-order valence-corrected chi connectivity index (χ4v) is 8.70. The van der Waals surface area contributed by atoms with Gasteiger partial charge in [0.2, 0.25) is 11.8 Å². The van der Waals surface area contributed by atoms with Gasteiger partial charge in [-0.15, -0.1) is 33.4 Å². The van der Waals surface area contributed by atoms with Crippen molar-refractivity contribution in [2.24, 2.45) is 15.6 Å². The van der Waals surface area contributed by atoms with Crippen molar-refractivity contribution in [2.75, 3.05) is 16.8 Å². The molecule has 5 rings (SSSR count). The Morgan fingerprint density at radius 2 is 1.79 bits per heavy atom. The minimum atomic E-state index is -0.512. The summed E-state index contributed by atoms with van der Waals surface area (Å²) in [7, 11) is 0. The maximum absolute atomic E-state index is 13.0. The number of aryl methyl sites for hydroxylation is 1. The van der Waals surface area contributed by atoms with E-state index in [1.54, 1.807) is 17.7 Å². The second-order valence-corrected chi connectivity index (χ2v) is 14.2. The van der Waals surface area contributed by atoms with Gasteiger partial charge in [0.1, 0.15) is 17.3 Å². The lowest BCUT2D eigenvalue weighted by Crippen LogP contribution is -2.79. The van der Waals surface area contributed by atoms with Gasteiger partial charge in [-0.1, -0.05) is 38.3 Å². The van der Waals surface area contributed by atoms with Crippen LogP contribution < -0.4 is 15.5 Å². The van der Waals surface area contributed by atoms with Crippen LogP contribution in [0.2, 0.25) is 5.02 Å². The van der Waals surface area contributed by atoms with Gasteiger partial charge in [-0.2, -0.15) is 10.4 Å². The molecule has 1 aliphatic heterocycles. The highest BCUT2D eigenvalue weighted by Crippen LogP contribution is 2.58. The average molecular weight is 712 g/mol. The van der Waals surface area contributed by atoms with Gasteiger partial charge in [0.25, 0.3) is 0 Å². The van der Waals surface area contributed by atoms with Gasteiger partial charge in [0.15, 0.2) is 5.82 Å². The van der Waals surface area contributed by atoms with E-state index in [0.29, 0.717) is 47.9 Å². The summed E-state index contributed by atoms with van der Waals surface area (Å²) in [5.74, 6) is 0.0249. The summed E-state index contributed by atoms with van der Waals surface area (Å²) >= 11 is 20.4. The van der Waals surface area contributed by atoms with Crippen molar-refractivity contribution >= 4 is 75.2 Å². The van der Waals surface area contributed by atoms with Crippen LogP contribution in [0.4, 0.5) is 28.6 Å². The van der Waals surface area contributed by atoms with Crippen molar-refractivity contribution in [2.45, 2.75) is 95.5 Å². The monoisotopic (exact) mass is 710 g/mol. The Balaban J connectivity index is 1.49. The Morgan fingerprint density at radius 3 is 2.35 bits per heavy atom. The SMILES string of the molecule is CCCCC1(CC)C(=O)NC12CC(Cl)C(n1nc(C)c(C#N)c1N=Nc1ccc(N(CC)c3ccc(Cl)cc3)cc1NC(C)=O)C(Cl)C2. The summed E-state index contributed by atoms with van der Waals surface area (Å²) < 4.78 is 1.62. The topological polar surface area (TPSA) is 128 Å². The number of aromatic nitrogens is 2. The third-order valence-electron chi connectivity index (χ3n) is 9.86. The number of amides is 2. The van der Waals surface area contributed by atoms with Crippen molar-refractivity contribution in [3.8, 4) is 6.07 Å². The van der Waals surface area contributed by atoms with Crippen molar-refractivity contribution in [1.82, 2.24) is 15.1 Å². The predicted octanol–water partition coefficient (Wildman–Crippen LogP) is 9.25. The molecule has 13 heteroatoms. The molecule has 254 valence electrons. The number of β-lactam (4-membered cyclic amide) rings is 1. The number of hydrogen-bond donors (Lipinski definition) is 2. The molecule has 2 fully saturated rings. The van der Waals surface area contributed by atoms with E-state index >= 15 is 0 Å². The first-order chi connectivity index (χ1) is 22.9. The van der Waals surface area contributed by atoms with Crippen LogP contribution in [0.25, 0.3) is 0 Å². The number of nitrogens with zero attached hydrogens (tertiary/aromatic N) is 6. The van der Waals surface area contributed by atoms with Crippen LogP contribution in [0.1, 0.15) is 83.5 Å². The van der Waals surface area contributed by atoms with Gasteiger partial charge in [-0.25, -0.2) is 4.68 Å². The molecule has 0 bridgehead atoms. The molecule has 3 aromatic rings. The number of benzene rings is 2. The molecule has 2 amide bonds. The van der Waals surface area contributed by atoms with E-state index in [4.69, 9.17) is 34.8 Å². The average Bonchev–Trinajstić information content (AvgIpc) is 3.35. The number of carbonyl (C=O) groups excluding carboxylic acids is 2. The quantitative estimate of drug-likeness (QED) is 0.116. The standard InChI is InChI=1S/C35H41Cl3N8O2/c1-6-9-16-34(7-2)33(48)41-35(34)18-27(37)31(28(38)19-35)46-32(26(20-39)21(4)44-46)43-42-29-15-14-25(17-30(29)40-22(5)47)45(8-3)24-12-10-23(36)11-13-24/h10-15,17,27-28,31H,6-9,16,18-19H2,1-5H3,(H,40,47)(H,41,48). The molecule has 0 radical (unpaired) electrons. The number of alkyl halides is 2. The minimum absolute atomic E-state index is 0.0667. The molecule has 2 aromatic carbocycles. The maximum atomic E-state index is 13.0. The van der Waals surface area contributed by atoms with Crippen LogP contribution in [-0.4, -0.2) is 44.4 Å². The zero-order valence-corrected chi connectivity index (χ0v) is 30.1. The van der Waals surface area contributed by atoms with E-state index in [2.05, 4.69) is 50.8 Å². The van der Waals surface area contributed by atoms with Gasteiger partial charge < -0.3 is 15.5 Å². The van der Waals surface area contributed by atoms with Gasteiger partial charge >= 0.3 is 0 Å². The lowest BCUT2D eigenvalue weighted by atomic mass is 9.52. The highest BCUT2D eigenvalue weighted by molar-refractivity contribution is 6.30. The number of anilines is 3. The second-order valence-electron chi connectivity index (χ2n) is 12.6. The van der Waals surface area contributed by atoms with Crippen molar-refractivity contribution in [3.05, 3.63) is 58.7 Å². The van der Waals surface area contributed by atoms with E-state index in [0.717, 1.165) is 30.6 Å². The molecule has 3 atom stereocenters. The third kappa shape index (κ3) is 6.40. The Morgan fingerprint density at radius 1 is 1.12 bits per heavy atom. The molecule has 10 nitrogen and oxygen atoms in total. The molecule has 1 saturated carbocycles. The number of nitriles is 1. The molecule has 3 unspecified atom stereocenters. The van der Waals surface area contributed by atoms with Crippen LogP contribution in [0.15, 0.2) is 52.7 Å². The van der Waals surface area contributed by atoms with Crippen molar-refractivity contribution < 1.29 is 9.59 Å². The third-order valence-corrected chi connectivity index (χ3v) is 10.9. The van der Waals surface area contributed by atoms with Crippen LogP contribution in [0.3, 0.4) is 0 Å². The predicted molar refractivity (Wildman–Crippen MR) is 191 cm³/mol. The first kappa shape index (κ1) is 35.7. The zero-order valence-electron chi connectivity index (χ0n) is 27.9. The normalized spacial score (nSPS) is 25.1. The number of halogens is 3. The van der Waals surface area contributed by atoms with E-state index in [1.165, 1.54) is 6.92 Å². The smallest absolute Gasteiger partial charge is 0.229 e. The van der Waals surface area contributed by atoms with Crippen molar-refractivity contribution in [3.63, 3.8) is 0 Å². The van der Waals surface area contributed by atoms with Crippen LogP contribution in [-0.2, 0) is 9.59 Å². The van der Waals surface area contributed by atoms with E-state index in [9.17, 15) is 14.9 Å². The lowest BCUT2D eigenvalue weighted by Gasteiger charge is -2.62. The number of rotatable bonds is 11. The van der Waals surface area contributed by atoms with Gasteiger partial charge in [0, 0.05) is 29.9 Å². The number of azo groups is 1. The molecule has 2 aliphatic rings. The zero-order chi connectivity index (χ0) is 34.8. The number of unbranched alkanes of at least 4 members (excludes halogenated alkanes) is 1. The van der Waals surface area contributed by atoms with Crippen LogP contribution in [0, 0.1) is 23.7 Å². The molecule has 48 heavy (non-hydrogen) atoms. The van der Waals surface area contributed by atoms with Crippen LogP contribution >= 0.6 is 34.8 Å².